The first-order chi connectivity index (χ1) is 4.79. The third-order valence-corrected chi connectivity index (χ3v) is 1.45. The molecule has 0 aliphatic carbocycles. The quantitative estimate of drug-likeness (QED) is 0.493. The topological polar surface area (TPSA) is 46.5 Å². The van der Waals surface area contributed by atoms with Crippen LogP contribution in [-0.2, 0) is 42.2 Å². The van der Waals surface area contributed by atoms with Crippen molar-refractivity contribution in [1.82, 2.24) is 0 Å². The van der Waals surface area contributed by atoms with Gasteiger partial charge in [0.25, 0.3) is 0 Å². The van der Waals surface area contributed by atoms with Gasteiger partial charge in [0, 0.05) is 32.7 Å². The standard InChI is InChI=1S/C6H12O2.CHO.Y/c1-5-3-2-4-6(7)8-5;1-2;/h5-7H,2-4H2,1H3;1H;/q;-1;. The van der Waals surface area contributed by atoms with E-state index >= 15 is 0 Å². The van der Waals surface area contributed by atoms with Gasteiger partial charge in [-0.05, 0) is 26.2 Å². The molecule has 1 aliphatic heterocycles. The zero-order chi connectivity index (χ0) is 7.98. The average molecular weight is 234 g/mol. The summed E-state index contributed by atoms with van der Waals surface area (Å²) in [6.45, 7) is 5.24. The summed E-state index contributed by atoms with van der Waals surface area (Å²) in [5, 5.41) is 8.86. The Labute approximate surface area is 92.4 Å². The van der Waals surface area contributed by atoms with E-state index in [2.05, 4.69) is 6.79 Å². The van der Waals surface area contributed by atoms with Crippen molar-refractivity contribution in [2.45, 2.75) is 38.6 Å². The molecule has 0 aromatic heterocycles. The number of rotatable bonds is 0. The zero-order valence-corrected chi connectivity index (χ0v) is 9.53. The molecule has 0 bridgehead atoms. The Morgan fingerprint density at radius 2 is 2.00 bits per heavy atom. The van der Waals surface area contributed by atoms with Crippen LogP contribution in [0.4, 0.5) is 0 Å². The van der Waals surface area contributed by atoms with E-state index in [4.69, 9.17) is 14.6 Å². The van der Waals surface area contributed by atoms with Crippen molar-refractivity contribution in [1.29, 1.82) is 0 Å². The minimum Gasteiger partial charge on any atom is -0.545 e. The number of ether oxygens (including phenoxy) is 1. The molecule has 0 aromatic rings. The van der Waals surface area contributed by atoms with Crippen molar-refractivity contribution in [3.8, 4) is 0 Å². The van der Waals surface area contributed by atoms with Gasteiger partial charge in [0.2, 0.25) is 0 Å². The molecule has 0 aromatic carbocycles. The fourth-order valence-corrected chi connectivity index (χ4v) is 0.984. The van der Waals surface area contributed by atoms with Gasteiger partial charge in [-0.15, -0.1) is 0 Å². The Morgan fingerprint density at radius 1 is 1.45 bits per heavy atom. The summed E-state index contributed by atoms with van der Waals surface area (Å²) >= 11 is 0. The fraction of sp³-hybridized carbons (Fsp3) is 0.857. The van der Waals surface area contributed by atoms with Crippen LogP contribution in [0.2, 0.25) is 0 Å². The molecule has 2 atom stereocenters. The first kappa shape index (κ1) is 14.2. The van der Waals surface area contributed by atoms with Crippen LogP contribution in [0.1, 0.15) is 26.2 Å². The molecule has 1 N–H and O–H groups in total. The number of aliphatic hydroxyl groups is 1. The SMILES string of the molecule is CC1CCCC(O)O1.[CH-]=O.[Y]. The summed E-state index contributed by atoms with van der Waals surface area (Å²) in [5.74, 6) is 0. The van der Waals surface area contributed by atoms with E-state index in [1.807, 2.05) is 6.92 Å². The molecule has 3 nitrogen and oxygen atoms in total. The van der Waals surface area contributed by atoms with Gasteiger partial charge >= 0.3 is 0 Å². The van der Waals surface area contributed by atoms with Gasteiger partial charge in [-0.3, -0.25) is 6.79 Å². The molecule has 1 rings (SSSR count). The van der Waals surface area contributed by atoms with Crippen LogP contribution < -0.4 is 0 Å². The van der Waals surface area contributed by atoms with Crippen LogP contribution in [0.25, 0.3) is 0 Å². The Bertz CT molecular complexity index is 81.8. The van der Waals surface area contributed by atoms with Gasteiger partial charge in [0.15, 0.2) is 6.29 Å². The van der Waals surface area contributed by atoms with E-state index in [-0.39, 0.29) is 38.8 Å². The van der Waals surface area contributed by atoms with Gasteiger partial charge in [0.1, 0.15) is 0 Å². The van der Waals surface area contributed by atoms with Crippen molar-refractivity contribution in [3.63, 3.8) is 0 Å². The summed E-state index contributed by atoms with van der Waals surface area (Å²) < 4.78 is 5.04. The fourth-order valence-electron chi connectivity index (χ4n) is 0.984. The summed E-state index contributed by atoms with van der Waals surface area (Å²) in [7, 11) is 0. The molecule has 63 valence electrons. The van der Waals surface area contributed by atoms with E-state index in [1.54, 1.807) is 0 Å². The van der Waals surface area contributed by atoms with Crippen LogP contribution in [0, 0.1) is 0 Å². The summed E-state index contributed by atoms with van der Waals surface area (Å²) in [6, 6.07) is 0. The second-order valence-electron chi connectivity index (χ2n) is 2.33. The van der Waals surface area contributed by atoms with Crippen LogP contribution in [0.3, 0.4) is 0 Å². The molecule has 2 unspecified atom stereocenters. The van der Waals surface area contributed by atoms with Crippen molar-refractivity contribution < 1.29 is 47.3 Å². The first-order valence-electron chi connectivity index (χ1n) is 3.36. The molecule has 0 spiro atoms. The van der Waals surface area contributed by atoms with E-state index in [9.17, 15) is 0 Å². The van der Waals surface area contributed by atoms with Crippen LogP contribution >= 0.6 is 0 Å². The van der Waals surface area contributed by atoms with Crippen LogP contribution in [0.15, 0.2) is 0 Å². The van der Waals surface area contributed by atoms with E-state index in [0.29, 0.717) is 0 Å². The Hall–Kier alpha value is 0.694. The largest absolute Gasteiger partial charge is 0.545 e. The maximum Gasteiger partial charge on any atom is 0.154 e. The number of aliphatic hydroxyl groups excluding tert-OH is 1. The molecule has 1 fully saturated rings. The molecule has 0 saturated carbocycles. The molecular weight excluding hydrogens is 221 g/mol. The Balaban J connectivity index is 0. The van der Waals surface area contributed by atoms with Crippen molar-refractivity contribution >= 4 is 6.79 Å². The van der Waals surface area contributed by atoms with Crippen molar-refractivity contribution in [3.05, 3.63) is 0 Å². The van der Waals surface area contributed by atoms with Gasteiger partial charge in [-0.25, -0.2) is 0 Å². The average Bonchev–Trinajstić information content (AvgIpc) is 1.91. The first-order valence-corrected chi connectivity index (χ1v) is 3.36. The predicted molar refractivity (Wildman–Crippen MR) is 37.2 cm³/mol. The molecular formula is C7H13O3Y-. The van der Waals surface area contributed by atoms with Gasteiger partial charge in [0.05, 0.1) is 6.10 Å². The van der Waals surface area contributed by atoms with Crippen molar-refractivity contribution in [2.24, 2.45) is 0 Å². The predicted octanol–water partition coefficient (Wildman–Crippen LogP) is 0.617. The zero-order valence-electron chi connectivity index (χ0n) is 6.69. The van der Waals surface area contributed by atoms with Crippen molar-refractivity contribution in [2.75, 3.05) is 0 Å². The minimum absolute atomic E-state index is 0. The third-order valence-electron chi connectivity index (χ3n) is 1.45. The monoisotopic (exact) mass is 234 g/mol. The van der Waals surface area contributed by atoms with Gasteiger partial charge in [-0.1, -0.05) is 0 Å². The summed E-state index contributed by atoms with van der Waals surface area (Å²) in [6.07, 6.45) is 2.78. The number of hydrogen-bond acceptors (Lipinski definition) is 3. The summed E-state index contributed by atoms with van der Waals surface area (Å²) in [4.78, 5) is 7.75. The van der Waals surface area contributed by atoms with Crippen LogP contribution in [-0.4, -0.2) is 24.3 Å². The second-order valence-corrected chi connectivity index (χ2v) is 2.33. The van der Waals surface area contributed by atoms with E-state index < -0.39 is 6.29 Å². The Kier molecular flexibility index (Phi) is 11.4. The smallest absolute Gasteiger partial charge is 0.154 e. The molecule has 0 amide bonds. The molecule has 1 aliphatic rings. The molecule has 4 heteroatoms. The van der Waals surface area contributed by atoms with Gasteiger partial charge < -0.3 is 14.6 Å². The van der Waals surface area contributed by atoms with E-state index in [1.165, 1.54) is 0 Å². The molecule has 1 heterocycles. The van der Waals surface area contributed by atoms with Crippen LogP contribution in [0.5, 0.6) is 0 Å². The normalized spacial score (nSPS) is 29.3. The third kappa shape index (κ3) is 7.07. The minimum atomic E-state index is -0.487. The van der Waals surface area contributed by atoms with Gasteiger partial charge in [-0.2, -0.15) is 0 Å². The summed E-state index contributed by atoms with van der Waals surface area (Å²) in [5.41, 5.74) is 0. The Morgan fingerprint density at radius 3 is 2.27 bits per heavy atom. The maximum absolute atomic E-state index is 8.86. The maximum atomic E-state index is 8.86. The second kappa shape index (κ2) is 8.79. The van der Waals surface area contributed by atoms with E-state index in [0.717, 1.165) is 19.3 Å². The molecule has 1 saturated heterocycles. The molecule has 1 radical (unpaired) electrons. The number of hydrogen-bond donors (Lipinski definition) is 1. The number of carbonyl (C=O) groups excluding carboxylic acids is 1. The molecule has 11 heavy (non-hydrogen) atoms.